The van der Waals surface area contributed by atoms with Crippen LogP contribution in [0.1, 0.15) is 28.7 Å². The first-order valence-electron chi connectivity index (χ1n) is 9.87. The largest absolute Gasteiger partial charge is 0.508 e. The van der Waals surface area contributed by atoms with Crippen molar-refractivity contribution in [2.24, 2.45) is 5.73 Å². The van der Waals surface area contributed by atoms with Gasteiger partial charge in [-0.15, -0.1) is 0 Å². The molecule has 1 atom stereocenters. The number of hydrogen-bond acceptors (Lipinski definition) is 8. The summed E-state index contributed by atoms with van der Waals surface area (Å²) in [6, 6.07) is 6.01. The van der Waals surface area contributed by atoms with E-state index in [1.54, 1.807) is 6.07 Å². The van der Waals surface area contributed by atoms with E-state index in [-0.39, 0.29) is 30.3 Å². The molecule has 0 amide bonds. The van der Waals surface area contributed by atoms with Crippen molar-refractivity contribution >= 4 is 29.7 Å². The lowest BCUT2D eigenvalue weighted by Crippen LogP contribution is -2.32. The molecule has 0 saturated heterocycles. The zero-order chi connectivity index (χ0) is 24.5. The van der Waals surface area contributed by atoms with E-state index in [1.807, 2.05) is 0 Å². The molecule has 33 heavy (non-hydrogen) atoms. The molecular formula is C24H25NO8. The molecule has 0 fully saturated rings. The number of aliphatic hydroxyl groups is 1. The van der Waals surface area contributed by atoms with Gasteiger partial charge in [-0.1, -0.05) is 18.2 Å². The molecule has 0 saturated carbocycles. The van der Waals surface area contributed by atoms with Gasteiger partial charge in [-0.2, -0.15) is 0 Å². The highest BCUT2D eigenvalue weighted by molar-refractivity contribution is 6.11. The molecule has 0 unspecified atom stereocenters. The molecule has 174 valence electrons. The number of carboxylic acid groups (broad SMARTS) is 1. The van der Waals surface area contributed by atoms with Crippen LogP contribution in [0.4, 0.5) is 0 Å². The number of methoxy groups -OCH3 is 1. The Labute approximate surface area is 190 Å². The SMILES string of the molecule is COc1cc(/C=C/C(=O)CC(=O)/C=C/c2ccc(O)c(CO)c2)c(C[C@@H](N)C(=O)O)cc1O. The van der Waals surface area contributed by atoms with E-state index >= 15 is 0 Å². The lowest BCUT2D eigenvalue weighted by Gasteiger charge is -2.13. The molecule has 0 spiro atoms. The second kappa shape index (κ2) is 11.6. The van der Waals surface area contributed by atoms with Crippen molar-refractivity contribution in [1.29, 1.82) is 0 Å². The Morgan fingerprint density at radius 3 is 2.27 bits per heavy atom. The van der Waals surface area contributed by atoms with Crippen molar-refractivity contribution in [3.63, 3.8) is 0 Å². The molecule has 9 nitrogen and oxygen atoms in total. The van der Waals surface area contributed by atoms with Crippen LogP contribution in [0.5, 0.6) is 17.2 Å². The van der Waals surface area contributed by atoms with Crippen molar-refractivity contribution in [3.8, 4) is 17.2 Å². The van der Waals surface area contributed by atoms with Crippen molar-refractivity contribution in [2.45, 2.75) is 25.5 Å². The van der Waals surface area contributed by atoms with Crippen LogP contribution in [-0.2, 0) is 27.4 Å². The number of nitrogens with two attached hydrogens (primary N) is 1. The fraction of sp³-hybridized carbons (Fsp3) is 0.208. The van der Waals surface area contributed by atoms with E-state index < -0.39 is 30.0 Å². The van der Waals surface area contributed by atoms with Gasteiger partial charge in [0.1, 0.15) is 11.8 Å². The average Bonchev–Trinajstić information content (AvgIpc) is 2.77. The second-order valence-electron chi connectivity index (χ2n) is 7.19. The van der Waals surface area contributed by atoms with Crippen molar-refractivity contribution < 1.29 is 39.5 Å². The molecule has 0 aromatic heterocycles. The van der Waals surface area contributed by atoms with E-state index in [0.717, 1.165) is 0 Å². The Bertz CT molecular complexity index is 1100. The first kappa shape index (κ1) is 25.3. The predicted molar refractivity (Wildman–Crippen MR) is 121 cm³/mol. The minimum absolute atomic E-state index is 0.0594. The number of phenolic OH excluding ortho intramolecular Hbond substituents is 1. The van der Waals surface area contributed by atoms with Crippen LogP contribution < -0.4 is 10.5 Å². The Hall–Kier alpha value is -3.95. The molecular weight excluding hydrogens is 430 g/mol. The summed E-state index contributed by atoms with van der Waals surface area (Å²) in [6.45, 7) is -0.355. The van der Waals surface area contributed by atoms with Crippen LogP contribution in [-0.4, -0.2) is 51.1 Å². The summed E-state index contributed by atoms with van der Waals surface area (Å²) in [4.78, 5) is 35.4. The van der Waals surface area contributed by atoms with Crippen LogP contribution in [0.15, 0.2) is 42.5 Å². The average molecular weight is 455 g/mol. The maximum Gasteiger partial charge on any atom is 0.320 e. The smallest absolute Gasteiger partial charge is 0.320 e. The molecule has 0 radical (unpaired) electrons. The van der Waals surface area contributed by atoms with E-state index in [9.17, 15) is 29.7 Å². The zero-order valence-corrected chi connectivity index (χ0v) is 17.9. The molecule has 0 heterocycles. The van der Waals surface area contributed by atoms with Crippen molar-refractivity contribution in [3.05, 3.63) is 64.7 Å². The number of phenols is 2. The summed E-state index contributed by atoms with van der Waals surface area (Å²) in [5.41, 5.74) is 7.28. The molecule has 2 aromatic carbocycles. The number of carbonyl (C=O) groups excluding carboxylic acids is 2. The van der Waals surface area contributed by atoms with Gasteiger partial charge in [0.05, 0.1) is 20.1 Å². The number of carbonyl (C=O) groups is 3. The summed E-state index contributed by atoms with van der Waals surface area (Å²) >= 11 is 0. The Morgan fingerprint density at radius 2 is 1.67 bits per heavy atom. The number of allylic oxidation sites excluding steroid dienone is 2. The van der Waals surface area contributed by atoms with Gasteiger partial charge in [0.2, 0.25) is 0 Å². The Kier molecular flexibility index (Phi) is 8.90. The number of carboxylic acids is 1. The van der Waals surface area contributed by atoms with Crippen LogP contribution in [0.3, 0.4) is 0 Å². The highest BCUT2D eigenvalue weighted by Gasteiger charge is 2.16. The van der Waals surface area contributed by atoms with Crippen LogP contribution >= 0.6 is 0 Å². The molecule has 0 bridgehead atoms. The van der Waals surface area contributed by atoms with Crippen molar-refractivity contribution in [1.82, 2.24) is 0 Å². The maximum absolute atomic E-state index is 12.2. The monoisotopic (exact) mass is 455 g/mol. The lowest BCUT2D eigenvalue weighted by molar-refractivity contribution is -0.138. The van der Waals surface area contributed by atoms with Crippen LogP contribution in [0.2, 0.25) is 0 Å². The van der Waals surface area contributed by atoms with Gasteiger partial charge < -0.3 is 30.9 Å². The first-order valence-corrected chi connectivity index (χ1v) is 9.87. The predicted octanol–water partition coefficient (Wildman–Crippen LogP) is 1.81. The van der Waals surface area contributed by atoms with Gasteiger partial charge in [0.25, 0.3) is 0 Å². The number of ether oxygens (including phenoxy) is 1. The maximum atomic E-state index is 12.2. The number of hydrogen-bond donors (Lipinski definition) is 5. The molecule has 0 aliphatic rings. The number of rotatable bonds is 11. The minimum Gasteiger partial charge on any atom is -0.508 e. The zero-order valence-electron chi connectivity index (χ0n) is 17.9. The number of benzene rings is 2. The molecule has 0 aliphatic carbocycles. The summed E-state index contributed by atoms with van der Waals surface area (Å²) in [5, 5.41) is 37.8. The van der Waals surface area contributed by atoms with Crippen LogP contribution in [0.25, 0.3) is 12.2 Å². The summed E-state index contributed by atoms with van der Waals surface area (Å²) in [6.07, 6.45) is 4.77. The number of ketones is 2. The standard InChI is InChI=1S/C24H25NO8/c1-33-23-11-15(16(10-22(23)30)9-20(25)24(31)32)4-6-19(28)12-18(27)5-2-14-3-7-21(29)17(8-14)13-26/h2-8,10-11,20,26,29-30H,9,12-13,25H2,1H3,(H,31,32)/b5-2+,6-4+/t20-/m1/s1. The van der Waals surface area contributed by atoms with Gasteiger partial charge >= 0.3 is 5.97 Å². The summed E-state index contributed by atoms with van der Waals surface area (Å²) in [7, 11) is 1.35. The molecule has 0 aliphatic heterocycles. The van der Waals surface area contributed by atoms with E-state index in [1.165, 1.54) is 55.7 Å². The van der Waals surface area contributed by atoms with Gasteiger partial charge in [0.15, 0.2) is 23.1 Å². The third-order valence-electron chi connectivity index (χ3n) is 4.73. The molecule has 6 N–H and O–H groups in total. The fourth-order valence-electron chi connectivity index (χ4n) is 2.94. The molecule has 2 rings (SSSR count). The Balaban J connectivity index is 2.12. The highest BCUT2D eigenvalue weighted by Crippen LogP contribution is 2.31. The second-order valence-corrected chi connectivity index (χ2v) is 7.19. The third kappa shape index (κ3) is 7.30. The van der Waals surface area contributed by atoms with Gasteiger partial charge in [-0.05, 0) is 59.5 Å². The molecule has 2 aromatic rings. The number of aromatic hydroxyl groups is 2. The van der Waals surface area contributed by atoms with Crippen LogP contribution in [0, 0.1) is 0 Å². The fourth-order valence-corrected chi connectivity index (χ4v) is 2.94. The van der Waals surface area contributed by atoms with Gasteiger partial charge in [-0.3, -0.25) is 14.4 Å². The van der Waals surface area contributed by atoms with Gasteiger partial charge in [0, 0.05) is 5.56 Å². The number of aliphatic hydroxyl groups excluding tert-OH is 1. The van der Waals surface area contributed by atoms with E-state index in [0.29, 0.717) is 22.3 Å². The van der Waals surface area contributed by atoms with Crippen molar-refractivity contribution in [2.75, 3.05) is 7.11 Å². The number of aliphatic carboxylic acids is 1. The Morgan fingerprint density at radius 1 is 1.00 bits per heavy atom. The summed E-state index contributed by atoms with van der Waals surface area (Å²) in [5.74, 6) is -2.30. The third-order valence-corrected chi connectivity index (χ3v) is 4.73. The summed E-state index contributed by atoms with van der Waals surface area (Å²) < 4.78 is 5.05. The lowest BCUT2D eigenvalue weighted by atomic mass is 9.98. The van der Waals surface area contributed by atoms with E-state index in [4.69, 9.17) is 15.6 Å². The highest BCUT2D eigenvalue weighted by atomic mass is 16.5. The minimum atomic E-state index is -1.21. The van der Waals surface area contributed by atoms with Gasteiger partial charge in [-0.25, -0.2) is 0 Å². The first-order chi connectivity index (χ1) is 15.6. The molecule has 9 heteroatoms. The normalized spacial score (nSPS) is 12.2. The van der Waals surface area contributed by atoms with E-state index in [2.05, 4.69) is 0 Å². The quantitative estimate of drug-likeness (QED) is 0.251. The topological polar surface area (TPSA) is 167 Å².